The second-order valence-corrected chi connectivity index (χ2v) is 6.22. The van der Waals surface area contributed by atoms with Crippen LogP contribution in [-0.2, 0) is 9.53 Å². The topological polar surface area (TPSA) is 75.9 Å². The minimum absolute atomic E-state index is 0.0205. The van der Waals surface area contributed by atoms with Crippen LogP contribution in [0.5, 0.6) is 0 Å². The molecule has 1 atom stereocenters. The Morgan fingerprint density at radius 2 is 2.05 bits per heavy atom. The summed E-state index contributed by atoms with van der Waals surface area (Å²) in [5.41, 5.74) is 4.88. The third-order valence-corrected chi connectivity index (χ3v) is 3.33. The SMILES string of the molecule is CCN(C[C@@H]1CCN(C(=O)CN)C1)C(=O)OC(C)(C)C. The first kappa shape index (κ1) is 16.8. The van der Waals surface area contributed by atoms with E-state index in [-0.39, 0.29) is 18.5 Å². The lowest BCUT2D eigenvalue weighted by atomic mass is 10.1. The summed E-state index contributed by atoms with van der Waals surface area (Å²) < 4.78 is 5.38. The van der Waals surface area contributed by atoms with Crippen molar-refractivity contribution in [1.29, 1.82) is 0 Å². The summed E-state index contributed by atoms with van der Waals surface area (Å²) in [6.45, 7) is 10.2. The highest BCUT2D eigenvalue weighted by Gasteiger charge is 2.29. The monoisotopic (exact) mass is 285 g/mol. The van der Waals surface area contributed by atoms with E-state index in [1.807, 2.05) is 27.7 Å². The molecule has 0 radical (unpaired) electrons. The Morgan fingerprint density at radius 3 is 2.55 bits per heavy atom. The molecular weight excluding hydrogens is 258 g/mol. The number of hydrogen-bond acceptors (Lipinski definition) is 4. The van der Waals surface area contributed by atoms with Gasteiger partial charge >= 0.3 is 6.09 Å². The van der Waals surface area contributed by atoms with E-state index in [1.54, 1.807) is 9.80 Å². The van der Waals surface area contributed by atoms with Crippen LogP contribution < -0.4 is 5.73 Å². The zero-order chi connectivity index (χ0) is 15.3. The number of carbonyl (C=O) groups excluding carboxylic acids is 2. The van der Waals surface area contributed by atoms with Gasteiger partial charge in [0.05, 0.1) is 6.54 Å². The lowest BCUT2D eigenvalue weighted by Crippen LogP contribution is -2.40. The molecule has 1 aliphatic heterocycles. The number of rotatable bonds is 4. The predicted octanol–water partition coefficient (Wildman–Crippen LogP) is 1.05. The smallest absolute Gasteiger partial charge is 0.410 e. The fourth-order valence-electron chi connectivity index (χ4n) is 2.31. The molecule has 0 aromatic rings. The number of hydrogen-bond donors (Lipinski definition) is 1. The van der Waals surface area contributed by atoms with Crippen molar-refractivity contribution in [2.75, 3.05) is 32.7 Å². The highest BCUT2D eigenvalue weighted by atomic mass is 16.6. The van der Waals surface area contributed by atoms with Crippen LogP contribution in [0, 0.1) is 5.92 Å². The van der Waals surface area contributed by atoms with E-state index in [4.69, 9.17) is 10.5 Å². The molecule has 116 valence electrons. The van der Waals surface area contributed by atoms with E-state index in [1.165, 1.54) is 0 Å². The molecule has 20 heavy (non-hydrogen) atoms. The van der Waals surface area contributed by atoms with Crippen molar-refractivity contribution in [1.82, 2.24) is 9.80 Å². The molecule has 1 heterocycles. The summed E-state index contributed by atoms with van der Waals surface area (Å²) in [4.78, 5) is 27.1. The first-order valence-electron chi connectivity index (χ1n) is 7.22. The molecule has 1 saturated heterocycles. The van der Waals surface area contributed by atoms with Gasteiger partial charge in [0.25, 0.3) is 0 Å². The Balaban J connectivity index is 2.49. The maximum Gasteiger partial charge on any atom is 0.410 e. The van der Waals surface area contributed by atoms with Crippen LogP contribution >= 0.6 is 0 Å². The van der Waals surface area contributed by atoms with Crippen LogP contribution in [0.25, 0.3) is 0 Å². The minimum Gasteiger partial charge on any atom is -0.444 e. The van der Waals surface area contributed by atoms with Crippen molar-refractivity contribution in [3.05, 3.63) is 0 Å². The second-order valence-electron chi connectivity index (χ2n) is 6.22. The molecule has 0 bridgehead atoms. The quantitative estimate of drug-likeness (QED) is 0.837. The van der Waals surface area contributed by atoms with Crippen molar-refractivity contribution in [3.8, 4) is 0 Å². The Labute approximate surface area is 121 Å². The highest BCUT2D eigenvalue weighted by Crippen LogP contribution is 2.19. The lowest BCUT2D eigenvalue weighted by Gasteiger charge is -2.28. The molecule has 0 aromatic carbocycles. The van der Waals surface area contributed by atoms with E-state index in [0.717, 1.165) is 13.0 Å². The highest BCUT2D eigenvalue weighted by molar-refractivity contribution is 5.78. The van der Waals surface area contributed by atoms with Crippen molar-refractivity contribution < 1.29 is 14.3 Å². The molecular formula is C14H27N3O3. The molecule has 0 unspecified atom stereocenters. The molecule has 0 aliphatic carbocycles. The largest absolute Gasteiger partial charge is 0.444 e. The third kappa shape index (κ3) is 5.00. The molecule has 1 aliphatic rings. The molecule has 1 rings (SSSR count). The molecule has 2 amide bonds. The average molecular weight is 285 g/mol. The molecule has 2 N–H and O–H groups in total. The van der Waals surface area contributed by atoms with Gasteiger partial charge in [-0.3, -0.25) is 4.79 Å². The van der Waals surface area contributed by atoms with Gasteiger partial charge in [0.15, 0.2) is 0 Å². The van der Waals surface area contributed by atoms with Crippen LogP contribution in [0.4, 0.5) is 4.79 Å². The Morgan fingerprint density at radius 1 is 1.40 bits per heavy atom. The first-order valence-corrected chi connectivity index (χ1v) is 7.22. The van der Waals surface area contributed by atoms with Gasteiger partial charge in [0.2, 0.25) is 5.91 Å². The maximum absolute atomic E-state index is 12.1. The van der Waals surface area contributed by atoms with Gasteiger partial charge in [0, 0.05) is 26.2 Å². The third-order valence-electron chi connectivity index (χ3n) is 3.33. The van der Waals surface area contributed by atoms with E-state index in [2.05, 4.69) is 0 Å². The molecule has 6 heteroatoms. The van der Waals surface area contributed by atoms with E-state index in [0.29, 0.717) is 25.6 Å². The Hall–Kier alpha value is -1.30. The van der Waals surface area contributed by atoms with Crippen molar-refractivity contribution >= 4 is 12.0 Å². The summed E-state index contributed by atoms with van der Waals surface area (Å²) in [7, 11) is 0. The van der Waals surface area contributed by atoms with Crippen molar-refractivity contribution in [3.63, 3.8) is 0 Å². The van der Waals surface area contributed by atoms with Gasteiger partial charge in [-0.2, -0.15) is 0 Å². The fourth-order valence-corrected chi connectivity index (χ4v) is 2.31. The van der Waals surface area contributed by atoms with Gasteiger partial charge < -0.3 is 20.3 Å². The number of nitrogens with zero attached hydrogens (tertiary/aromatic N) is 2. The fraction of sp³-hybridized carbons (Fsp3) is 0.857. The molecule has 0 saturated carbocycles. The molecule has 0 spiro atoms. The number of nitrogens with two attached hydrogens (primary N) is 1. The van der Waals surface area contributed by atoms with E-state index < -0.39 is 5.60 Å². The molecule has 0 aromatic heterocycles. The van der Waals surface area contributed by atoms with Crippen LogP contribution in [0.2, 0.25) is 0 Å². The second kappa shape index (κ2) is 6.92. The van der Waals surface area contributed by atoms with Gasteiger partial charge in [0.1, 0.15) is 5.60 Å². The van der Waals surface area contributed by atoms with Gasteiger partial charge in [-0.05, 0) is 40.0 Å². The van der Waals surface area contributed by atoms with Crippen LogP contribution in [-0.4, -0.2) is 60.1 Å². The van der Waals surface area contributed by atoms with Crippen molar-refractivity contribution in [2.45, 2.75) is 39.7 Å². The maximum atomic E-state index is 12.1. The summed E-state index contributed by atoms with van der Waals surface area (Å²) >= 11 is 0. The summed E-state index contributed by atoms with van der Waals surface area (Å²) in [5, 5.41) is 0. The minimum atomic E-state index is -0.484. The Kier molecular flexibility index (Phi) is 5.80. The number of carbonyl (C=O) groups is 2. The first-order chi connectivity index (χ1) is 9.26. The summed E-state index contributed by atoms with van der Waals surface area (Å²) in [5.74, 6) is 0.283. The molecule has 1 fully saturated rings. The zero-order valence-electron chi connectivity index (χ0n) is 13.0. The lowest BCUT2D eigenvalue weighted by molar-refractivity contribution is -0.128. The van der Waals surface area contributed by atoms with E-state index in [9.17, 15) is 9.59 Å². The van der Waals surface area contributed by atoms with Crippen LogP contribution in [0.3, 0.4) is 0 Å². The normalized spacial score (nSPS) is 19.1. The zero-order valence-corrected chi connectivity index (χ0v) is 13.0. The van der Waals surface area contributed by atoms with Gasteiger partial charge in [-0.15, -0.1) is 0 Å². The predicted molar refractivity (Wildman–Crippen MR) is 77.2 cm³/mol. The Bertz CT molecular complexity index is 352. The molecule has 6 nitrogen and oxygen atoms in total. The summed E-state index contributed by atoms with van der Waals surface area (Å²) in [6.07, 6.45) is 0.619. The van der Waals surface area contributed by atoms with Gasteiger partial charge in [-0.25, -0.2) is 4.79 Å². The summed E-state index contributed by atoms with van der Waals surface area (Å²) in [6, 6.07) is 0. The van der Waals surface area contributed by atoms with Crippen LogP contribution in [0.15, 0.2) is 0 Å². The van der Waals surface area contributed by atoms with E-state index >= 15 is 0 Å². The number of likely N-dealkylation sites (tertiary alicyclic amines) is 1. The number of ether oxygens (including phenoxy) is 1. The standard InChI is InChI=1S/C14H27N3O3/c1-5-16(13(19)20-14(2,3)4)9-11-6-7-17(10-11)12(18)8-15/h11H,5-10,15H2,1-4H3/t11-/m0/s1. The number of amides is 2. The van der Waals surface area contributed by atoms with Gasteiger partial charge in [-0.1, -0.05) is 0 Å². The van der Waals surface area contributed by atoms with Crippen LogP contribution in [0.1, 0.15) is 34.1 Å². The van der Waals surface area contributed by atoms with Crippen molar-refractivity contribution in [2.24, 2.45) is 11.7 Å². The average Bonchev–Trinajstić information content (AvgIpc) is 2.81.